The molecule has 0 aliphatic rings. The molecule has 34 heavy (non-hydrogen) atoms. The minimum absolute atomic E-state index is 0.472. The van der Waals surface area contributed by atoms with E-state index in [0.29, 0.717) is 39.5 Å². The minimum Gasteiger partial charge on any atom is -0.497 e. The number of nitrogens with zero attached hydrogens (tertiary/aromatic N) is 3. The summed E-state index contributed by atoms with van der Waals surface area (Å²) < 4.78 is 22.2. The van der Waals surface area contributed by atoms with Crippen molar-refractivity contribution < 1.29 is 18.9 Å². The van der Waals surface area contributed by atoms with E-state index in [0.717, 1.165) is 40.0 Å². The molecule has 7 nitrogen and oxygen atoms in total. The van der Waals surface area contributed by atoms with Crippen LogP contribution in [0.3, 0.4) is 0 Å². The lowest BCUT2D eigenvalue weighted by Gasteiger charge is -2.22. The molecule has 0 spiro atoms. The third-order valence-electron chi connectivity index (χ3n) is 5.13. The molecule has 0 atom stereocenters. The van der Waals surface area contributed by atoms with Gasteiger partial charge in [0.25, 0.3) is 0 Å². The lowest BCUT2D eigenvalue weighted by atomic mass is 10.1. The van der Waals surface area contributed by atoms with Crippen molar-refractivity contribution in [3.05, 3.63) is 70.7 Å². The van der Waals surface area contributed by atoms with Crippen molar-refractivity contribution in [2.75, 3.05) is 59.6 Å². The van der Waals surface area contributed by atoms with E-state index in [-0.39, 0.29) is 0 Å². The zero-order valence-electron chi connectivity index (χ0n) is 20.5. The number of methoxy groups -OCH3 is 2. The van der Waals surface area contributed by atoms with Gasteiger partial charge in [0.2, 0.25) is 0 Å². The van der Waals surface area contributed by atoms with Crippen LogP contribution in [0.15, 0.2) is 53.9 Å². The number of likely N-dealkylation sites (N-methyl/N-ethyl adjacent to an activating group) is 1. The maximum Gasteiger partial charge on any atom is 0.186 e. The summed E-state index contributed by atoms with van der Waals surface area (Å²) in [4.78, 5) is 9.22. The van der Waals surface area contributed by atoms with Crippen molar-refractivity contribution in [3.8, 4) is 11.5 Å². The fraction of sp³-hybridized carbons (Fsp3) is 0.423. The van der Waals surface area contributed by atoms with Crippen molar-refractivity contribution in [3.63, 3.8) is 0 Å². The number of benzene rings is 2. The molecule has 1 aromatic heterocycles. The van der Waals surface area contributed by atoms with Gasteiger partial charge < -0.3 is 28.7 Å². The molecular formula is C26H35N3O4S. The molecule has 0 N–H and O–H groups in total. The molecule has 0 unspecified atom stereocenters. The van der Waals surface area contributed by atoms with Crippen LogP contribution in [0.1, 0.15) is 16.8 Å². The van der Waals surface area contributed by atoms with Crippen LogP contribution < -0.4 is 14.4 Å². The Morgan fingerprint density at radius 3 is 2.03 bits per heavy atom. The maximum absolute atomic E-state index is 5.77. The van der Waals surface area contributed by atoms with Crippen molar-refractivity contribution in [2.24, 2.45) is 0 Å². The van der Waals surface area contributed by atoms with Crippen molar-refractivity contribution >= 4 is 16.5 Å². The fourth-order valence-electron chi connectivity index (χ4n) is 3.33. The first-order chi connectivity index (χ1) is 16.6. The zero-order valence-corrected chi connectivity index (χ0v) is 21.3. The first-order valence-corrected chi connectivity index (χ1v) is 12.2. The van der Waals surface area contributed by atoms with Crippen LogP contribution in [-0.4, -0.2) is 64.6 Å². The molecule has 0 radical (unpaired) electrons. The van der Waals surface area contributed by atoms with Crippen LogP contribution >= 0.6 is 11.3 Å². The predicted molar refractivity (Wildman–Crippen MR) is 137 cm³/mol. The lowest BCUT2D eigenvalue weighted by Crippen LogP contribution is -2.22. The molecule has 0 amide bonds. The lowest BCUT2D eigenvalue weighted by molar-refractivity contribution is 0.0352. The fourth-order valence-corrected chi connectivity index (χ4v) is 4.14. The van der Waals surface area contributed by atoms with E-state index >= 15 is 0 Å². The number of ether oxygens (including phenoxy) is 4. The van der Waals surface area contributed by atoms with Crippen molar-refractivity contribution in [1.82, 2.24) is 9.88 Å². The second-order valence-corrected chi connectivity index (χ2v) is 8.99. The highest BCUT2D eigenvalue weighted by atomic mass is 32.1. The molecule has 184 valence electrons. The summed E-state index contributed by atoms with van der Waals surface area (Å²) in [6.45, 7) is 4.65. The molecule has 0 aliphatic carbocycles. The average molecular weight is 486 g/mol. The minimum atomic E-state index is 0.472. The summed E-state index contributed by atoms with van der Waals surface area (Å²) in [5, 5.41) is 3.01. The number of hydrogen-bond donors (Lipinski definition) is 0. The Hall–Kier alpha value is -2.65. The van der Waals surface area contributed by atoms with Gasteiger partial charge in [-0.05, 0) is 49.5 Å². The summed E-state index contributed by atoms with van der Waals surface area (Å²) in [6.07, 6.45) is 0. The molecular weight excluding hydrogens is 450 g/mol. The summed E-state index contributed by atoms with van der Waals surface area (Å²) in [5.41, 5.74) is 3.24. The Kier molecular flexibility index (Phi) is 10.6. The van der Waals surface area contributed by atoms with Crippen LogP contribution in [0.2, 0.25) is 0 Å². The third kappa shape index (κ3) is 8.61. The molecule has 1 heterocycles. The summed E-state index contributed by atoms with van der Waals surface area (Å²) >= 11 is 1.63. The number of thiazole rings is 1. The van der Waals surface area contributed by atoms with Gasteiger partial charge in [0.1, 0.15) is 11.5 Å². The third-order valence-corrected chi connectivity index (χ3v) is 6.08. The largest absolute Gasteiger partial charge is 0.497 e. The SMILES string of the molecule is COc1cccc(CN(Cc2cccc(OC)c2)c2nc(COCCOCCN(C)C)cs2)c1. The van der Waals surface area contributed by atoms with Gasteiger partial charge in [-0.1, -0.05) is 24.3 Å². The van der Waals surface area contributed by atoms with Crippen molar-refractivity contribution in [2.45, 2.75) is 19.7 Å². The molecule has 3 rings (SSSR count). The van der Waals surface area contributed by atoms with Gasteiger partial charge in [-0.25, -0.2) is 4.98 Å². The highest BCUT2D eigenvalue weighted by Crippen LogP contribution is 2.27. The number of rotatable bonds is 15. The smallest absolute Gasteiger partial charge is 0.186 e. The molecule has 2 aromatic carbocycles. The van der Waals surface area contributed by atoms with Gasteiger partial charge in [-0.2, -0.15) is 0 Å². The van der Waals surface area contributed by atoms with Crippen LogP contribution in [0.4, 0.5) is 5.13 Å². The van der Waals surface area contributed by atoms with Crippen molar-refractivity contribution in [1.29, 1.82) is 0 Å². The highest BCUT2D eigenvalue weighted by molar-refractivity contribution is 7.13. The van der Waals surface area contributed by atoms with Crippen LogP contribution in [0.25, 0.3) is 0 Å². The highest BCUT2D eigenvalue weighted by Gasteiger charge is 2.14. The maximum atomic E-state index is 5.77. The Morgan fingerprint density at radius 1 is 0.824 bits per heavy atom. The normalized spacial score (nSPS) is 11.1. The summed E-state index contributed by atoms with van der Waals surface area (Å²) in [7, 11) is 7.44. The van der Waals surface area contributed by atoms with E-state index in [1.165, 1.54) is 0 Å². The zero-order chi connectivity index (χ0) is 24.2. The Bertz CT molecular complexity index is 946. The van der Waals surface area contributed by atoms with E-state index in [1.807, 2.05) is 38.4 Å². The second-order valence-electron chi connectivity index (χ2n) is 8.15. The molecule has 0 fully saturated rings. The van der Waals surface area contributed by atoms with Crippen LogP contribution in [0.5, 0.6) is 11.5 Å². The van der Waals surface area contributed by atoms with Gasteiger partial charge in [-0.3, -0.25) is 0 Å². The molecule has 0 saturated carbocycles. The summed E-state index contributed by atoms with van der Waals surface area (Å²) in [6, 6.07) is 16.3. The van der Waals surface area contributed by atoms with E-state index in [1.54, 1.807) is 25.6 Å². The second kappa shape index (κ2) is 13.9. The Morgan fingerprint density at radius 2 is 1.44 bits per heavy atom. The van der Waals surface area contributed by atoms with Gasteiger partial charge >= 0.3 is 0 Å². The molecule has 8 heteroatoms. The summed E-state index contributed by atoms with van der Waals surface area (Å²) in [5.74, 6) is 1.69. The predicted octanol–water partition coefficient (Wildman–Crippen LogP) is 4.46. The molecule has 0 bridgehead atoms. The molecule has 0 saturated heterocycles. The average Bonchev–Trinajstić information content (AvgIpc) is 3.32. The van der Waals surface area contributed by atoms with Crippen LogP contribution in [-0.2, 0) is 29.2 Å². The number of hydrogen-bond acceptors (Lipinski definition) is 8. The first-order valence-electron chi connectivity index (χ1n) is 11.3. The molecule has 3 aromatic rings. The van der Waals surface area contributed by atoms with Gasteiger partial charge in [0.05, 0.1) is 46.3 Å². The van der Waals surface area contributed by atoms with Gasteiger partial charge in [0, 0.05) is 25.0 Å². The molecule has 0 aliphatic heterocycles. The van der Waals surface area contributed by atoms with E-state index in [4.69, 9.17) is 23.9 Å². The number of aromatic nitrogens is 1. The van der Waals surface area contributed by atoms with E-state index < -0.39 is 0 Å². The van der Waals surface area contributed by atoms with Crippen LogP contribution in [0, 0.1) is 0 Å². The Balaban J connectivity index is 1.63. The quantitative estimate of drug-likeness (QED) is 0.295. The standard InChI is InChI=1S/C26H35N3O4S/c1-28(2)11-12-32-13-14-33-19-23-20-34-26(27-23)29(17-21-7-5-9-24(15-21)30-3)18-22-8-6-10-25(16-22)31-4/h5-10,15-16,20H,11-14,17-19H2,1-4H3. The van der Waals surface area contributed by atoms with E-state index in [2.05, 4.69) is 39.4 Å². The monoisotopic (exact) mass is 485 g/mol. The van der Waals surface area contributed by atoms with E-state index in [9.17, 15) is 0 Å². The van der Waals surface area contributed by atoms with Gasteiger partial charge in [0.15, 0.2) is 5.13 Å². The first kappa shape index (κ1) is 26.0. The topological polar surface area (TPSA) is 56.3 Å². The number of anilines is 1. The van der Waals surface area contributed by atoms with Gasteiger partial charge in [-0.15, -0.1) is 11.3 Å². The Labute approximate surface area is 206 Å².